The Bertz CT molecular complexity index is 538. The highest BCUT2D eigenvalue weighted by atomic mass is 79.9. The Balaban J connectivity index is 2.32. The van der Waals surface area contributed by atoms with Crippen molar-refractivity contribution in [1.29, 1.82) is 0 Å². The minimum Gasteiger partial charge on any atom is -0.323 e. The van der Waals surface area contributed by atoms with Gasteiger partial charge in [0.05, 0.1) is 0 Å². The van der Waals surface area contributed by atoms with Crippen LogP contribution in [0.5, 0.6) is 0 Å². The highest BCUT2D eigenvalue weighted by Crippen LogP contribution is 2.34. The fraction of sp³-hybridized carbons (Fsp3) is 0.286. The van der Waals surface area contributed by atoms with Crippen molar-refractivity contribution in [3.8, 4) is 10.4 Å². The molecular weight excluding hydrogens is 313 g/mol. The topological polar surface area (TPSA) is 26.0 Å². The van der Waals surface area contributed by atoms with Gasteiger partial charge in [0.25, 0.3) is 0 Å². The molecule has 0 radical (unpaired) electrons. The van der Waals surface area contributed by atoms with Crippen molar-refractivity contribution in [3.05, 3.63) is 45.5 Å². The molecule has 1 aromatic heterocycles. The number of rotatable bonds is 4. The zero-order chi connectivity index (χ0) is 13.1. The normalized spacial score (nSPS) is 12.7. The zero-order valence-electron chi connectivity index (χ0n) is 10.1. The first-order chi connectivity index (χ1) is 8.61. The molecule has 0 aliphatic carbocycles. The van der Waals surface area contributed by atoms with Gasteiger partial charge >= 0.3 is 0 Å². The van der Waals surface area contributed by atoms with E-state index in [1.807, 2.05) is 12.1 Å². The number of nitrogens with two attached hydrogens (primary N) is 1. The molecule has 1 atom stereocenters. The summed E-state index contributed by atoms with van der Waals surface area (Å²) in [7, 11) is 0. The summed E-state index contributed by atoms with van der Waals surface area (Å²) in [6.45, 7) is 2.11. The molecule has 0 aliphatic heterocycles. The van der Waals surface area contributed by atoms with Crippen molar-refractivity contribution < 1.29 is 4.39 Å². The zero-order valence-corrected chi connectivity index (χ0v) is 12.5. The predicted molar refractivity (Wildman–Crippen MR) is 79.2 cm³/mol. The summed E-state index contributed by atoms with van der Waals surface area (Å²) in [5, 5.41) is 0. The lowest BCUT2D eigenvalue weighted by Gasteiger charge is -2.06. The Hall–Kier alpha value is -0.710. The van der Waals surface area contributed by atoms with Crippen LogP contribution in [0.2, 0.25) is 0 Å². The third-order valence-electron chi connectivity index (χ3n) is 2.79. The standard InChI is InChI=1S/C14H15BrFNS/c1-2-3-12(17)14-7-6-13(18-14)10-8-9(15)4-5-11(10)16/h4-8,12H,2-3,17H2,1H3. The van der Waals surface area contributed by atoms with Gasteiger partial charge in [-0.25, -0.2) is 4.39 Å². The summed E-state index contributed by atoms with van der Waals surface area (Å²) in [6, 6.07) is 8.99. The Kier molecular flexibility index (Phi) is 4.54. The fourth-order valence-corrected chi connectivity index (χ4v) is 3.26. The third-order valence-corrected chi connectivity index (χ3v) is 4.53. The first-order valence-corrected chi connectivity index (χ1v) is 7.53. The Morgan fingerprint density at radius 3 is 2.83 bits per heavy atom. The van der Waals surface area contributed by atoms with E-state index >= 15 is 0 Å². The summed E-state index contributed by atoms with van der Waals surface area (Å²) >= 11 is 4.94. The van der Waals surface area contributed by atoms with Crippen molar-refractivity contribution in [1.82, 2.24) is 0 Å². The molecule has 0 amide bonds. The van der Waals surface area contributed by atoms with Crippen molar-refractivity contribution in [2.75, 3.05) is 0 Å². The fourth-order valence-electron chi connectivity index (χ4n) is 1.84. The van der Waals surface area contributed by atoms with Gasteiger partial charge in [-0.15, -0.1) is 11.3 Å². The molecule has 0 saturated heterocycles. The lowest BCUT2D eigenvalue weighted by Crippen LogP contribution is -2.07. The molecule has 0 bridgehead atoms. The first kappa shape index (κ1) is 13.7. The van der Waals surface area contributed by atoms with Gasteiger partial charge in [0.1, 0.15) is 5.82 Å². The largest absolute Gasteiger partial charge is 0.323 e. The lowest BCUT2D eigenvalue weighted by atomic mass is 10.1. The average molecular weight is 328 g/mol. The van der Waals surface area contributed by atoms with Crippen molar-refractivity contribution in [2.45, 2.75) is 25.8 Å². The van der Waals surface area contributed by atoms with E-state index in [-0.39, 0.29) is 11.9 Å². The number of thiophene rings is 1. The quantitative estimate of drug-likeness (QED) is 0.828. The van der Waals surface area contributed by atoms with E-state index in [1.165, 1.54) is 6.07 Å². The molecule has 96 valence electrons. The van der Waals surface area contributed by atoms with E-state index in [2.05, 4.69) is 22.9 Å². The van der Waals surface area contributed by atoms with Gasteiger partial charge in [-0.3, -0.25) is 0 Å². The third kappa shape index (κ3) is 2.99. The maximum Gasteiger partial charge on any atom is 0.131 e. The molecule has 2 rings (SSSR count). The number of benzene rings is 1. The highest BCUT2D eigenvalue weighted by Gasteiger charge is 2.12. The SMILES string of the molecule is CCCC(N)c1ccc(-c2cc(Br)ccc2F)s1. The molecule has 2 N–H and O–H groups in total. The van der Waals surface area contributed by atoms with Crippen LogP contribution >= 0.6 is 27.3 Å². The van der Waals surface area contributed by atoms with Gasteiger partial charge in [0, 0.05) is 25.8 Å². The molecule has 0 spiro atoms. The molecule has 0 saturated carbocycles. The molecule has 18 heavy (non-hydrogen) atoms. The number of halogens is 2. The average Bonchev–Trinajstić information content (AvgIpc) is 2.82. The Morgan fingerprint density at radius 1 is 1.33 bits per heavy atom. The highest BCUT2D eigenvalue weighted by molar-refractivity contribution is 9.10. The minimum absolute atomic E-state index is 0.0592. The summed E-state index contributed by atoms with van der Waals surface area (Å²) in [4.78, 5) is 2.04. The van der Waals surface area contributed by atoms with Gasteiger partial charge in [-0.2, -0.15) is 0 Å². The summed E-state index contributed by atoms with van der Waals surface area (Å²) in [5.41, 5.74) is 6.70. The van der Waals surface area contributed by atoms with Gasteiger partial charge in [-0.1, -0.05) is 29.3 Å². The Morgan fingerprint density at radius 2 is 2.11 bits per heavy atom. The van der Waals surface area contributed by atoms with Crippen LogP contribution in [0.3, 0.4) is 0 Å². The van der Waals surface area contributed by atoms with Gasteiger partial charge in [-0.05, 0) is 36.8 Å². The molecule has 1 aromatic carbocycles. The summed E-state index contributed by atoms with van der Waals surface area (Å²) in [5.74, 6) is -0.198. The van der Waals surface area contributed by atoms with E-state index in [0.29, 0.717) is 5.56 Å². The molecular formula is C14H15BrFNS. The number of hydrogen-bond acceptors (Lipinski definition) is 2. The van der Waals surface area contributed by atoms with Crippen LogP contribution < -0.4 is 5.73 Å². The van der Waals surface area contributed by atoms with Crippen LogP contribution in [0.25, 0.3) is 10.4 Å². The Labute approximate surface area is 119 Å². The lowest BCUT2D eigenvalue weighted by molar-refractivity contribution is 0.631. The molecule has 0 fully saturated rings. The van der Waals surface area contributed by atoms with Crippen LogP contribution in [-0.2, 0) is 0 Å². The van der Waals surface area contributed by atoms with E-state index in [4.69, 9.17) is 5.73 Å². The maximum absolute atomic E-state index is 13.8. The molecule has 4 heteroatoms. The minimum atomic E-state index is -0.198. The van der Waals surface area contributed by atoms with E-state index < -0.39 is 0 Å². The smallest absolute Gasteiger partial charge is 0.131 e. The number of hydrogen-bond donors (Lipinski definition) is 1. The summed E-state index contributed by atoms with van der Waals surface area (Å²) < 4.78 is 14.6. The van der Waals surface area contributed by atoms with Gasteiger partial charge in [0.2, 0.25) is 0 Å². The second-order valence-corrected chi connectivity index (χ2v) is 6.25. The predicted octanol–water partition coefficient (Wildman–Crippen LogP) is 5.12. The van der Waals surface area contributed by atoms with Crippen LogP contribution in [0.4, 0.5) is 4.39 Å². The molecule has 1 nitrogen and oxygen atoms in total. The maximum atomic E-state index is 13.8. The van der Waals surface area contributed by atoms with E-state index in [1.54, 1.807) is 23.5 Å². The van der Waals surface area contributed by atoms with Gasteiger partial charge in [0.15, 0.2) is 0 Å². The van der Waals surface area contributed by atoms with Crippen LogP contribution in [0.1, 0.15) is 30.7 Å². The second kappa shape index (κ2) is 5.95. The van der Waals surface area contributed by atoms with Crippen LogP contribution in [-0.4, -0.2) is 0 Å². The van der Waals surface area contributed by atoms with E-state index in [9.17, 15) is 4.39 Å². The van der Waals surface area contributed by atoms with Crippen molar-refractivity contribution in [2.24, 2.45) is 5.73 Å². The van der Waals surface area contributed by atoms with Gasteiger partial charge < -0.3 is 5.73 Å². The molecule has 1 heterocycles. The summed E-state index contributed by atoms with van der Waals surface area (Å²) in [6.07, 6.45) is 2.01. The van der Waals surface area contributed by atoms with Crippen LogP contribution in [0.15, 0.2) is 34.8 Å². The van der Waals surface area contributed by atoms with Crippen molar-refractivity contribution >= 4 is 27.3 Å². The van der Waals surface area contributed by atoms with Crippen LogP contribution in [0, 0.1) is 5.82 Å². The molecule has 2 aromatic rings. The van der Waals surface area contributed by atoms with Crippen molar-refractivity contribution in [3.63, 3.8) is 0 Å². The second-order valence-electron chi connectivity index (χ2n) is 4.22. The molecule has 0 aliphatic rings. The molecule has 1 unspecified atom stereocenters. The first-order valence-electron chi connectivity index (χ1n) is 5.92. The van der Waals surface area contributed by atoms with E-state index in [0.717, 1.165) is 27.1 Å². The monoisotopic (exact) mass is 327 g/mol.